The fourth-order valence-corrected chi connectivity index (χ4v) is 3.29. The fraction of sp³-hybridized carbons (Fsp3) is 0.294. The Balaban J connectivity index is 1.67. The van der Waals surface area contributed by atoms with Crippen LogP contribution in [0.15, 0.2) is 41.8 Å². The van der Waals surface area contributed by atoms with Gasteiger partial charge in [0.25, 0.3) is 5.91 Å². The summed E-state index contributed by atoms with van der Waals surface area (Å²) in [7, 11) is 1.65. The first-order valence-electron chi connectivity index (χ1n) is 8.27. The van der Waals surface area contributed by atoms with Crippen molar-refractivity contribution in [2.75, 3.05) is 19.8 Å². The normalized spacial score (nSPS) is 19.7. The molecule has 0 saturated carbocycles. The predicted octanol–water partition coefficient (Wildman–Crippen LogP) is 0.891. The average Bonchev–Trinajstić information content (AvgIpc) is 3.31. The van der Waals surface area contributed by atoms with E-state index < -0.39 is 5.60 Å². The lowest BCUT2D eigenvalue weighted by atomic mass is 9.99. The molecule has 1 aliphatic rings. The molecule has 4 rings (SSSR count). The Labute approximate surface area is 159 Å². The summed E-state index contributed by atoms with van der Waals surface area (Å²) >= 11 is 1.45. The number of carbonyl (C=O) groups is 1. The molecule has 0 bridgehead atoms. The Morgan fingerprint density at radius 1 is 1.22 bits per heavy atom. The second-order valence-electron chi connectivity index (χ2n) is 6.19. The molecule has 0 aliphatic carbocycles. The van der Waals surface area contributed by atoms with E-state index in [0.717, 1.165) is 0 Å². The van der Waals surface area contributed by atoms with Gasteiger partial charge in [-0.3, -0.25) is 4.79 Å². The summed E-state index contributed by atoms with van der Waals surface area (Å²) in [5.41, 5.74) is -0.0546. The van der Waals surface area contributed by atoms with Gasteiger partial charge in [-0.2, -0.15) is 0 Å². The molecule has 1 atom stereocenters. The molecule has 1 saturated heterocycles. The molecule has 1 N–H and O–H groups in total. The van der Waals surface area contributed by atoms with E-state index in [1.807, 2.05) is 18.4 Å². The summed E-state index contributed by atoms with van der Waals surface area (Å²) in [6.45, 7) is 0.474. The van der Waals surface area contributed by atoms with Crippen molar-refractivity contribution in [3.63, 3.8) is 0 Å². The van der Waals surface area contributed by atoms with Crippen LogP contribution in [0.4, 0.5) is 0 Å². The smallest absolute Gasteiger partial charge is 0.260 e. The van der Waals surface area contributed by atoms with Gasteiger partial charge in [0, 0.05) is 26.2 Å². The molecule has 27 heavy (non-hydrogen) atoms. The minimum atomic E-state index is -1.63. The molecule has 138 valence electrons. The summed E-state index contributed by atoms with van der Waals surface area (Å²) in [6.07, 6.45) is 5.42. The van der Waals surface area contributed by atoms with E-state index in [2.05, 4.69) is 25.3 Å². The van der Waals surface area contributed by atoms with Gasteiger partial charge in [0.2, 0.25) is 0 Å². The molecule has 1 aliphatic heterocycles. The van der Waals surface area contributed by atoms with E-state index in [4.69, 9.17) is 0 Å². The fourth-order valence-electron chi connectivity index (χ4n) is 2.93. The molecule has 0 radical (unpaired) electrons. The molecule has 3 aromatic rings. The highest BCUT2D eigenvalue weighted by Crippen LogP contribution is 2.31. The van der Waals surface area contributed by atoms with E-state index in [9.17, 15) is 9.90 Å². The van der Waals surface area contributed by atoms with Crippen molar-refractivity contribution in [3.8, 4) is 17.2 Å². The SMILES string of the molecule is CSc1nccc(-c2cccc(-n3cc([C@]4(O)CCN(C)C4=O)nn3)n2)n1. The lowest BCUT2D eigenvalue weighted by Gasteiger charge is -2.17. The Hall–Kier alpha value is -2.85. The minimum Gasteiger partial charge on any atom is -0.374 e. The third-order valence-electron chi connectivity index (χ3n) is 4.47. The Morgan fingerprint density at radius 2 is 2.04 bits per heavy atom. The topological polar surface area (TPSA) is 110 Å². The van der Waals surface area contributed by atoms with Crippen molar-refractivity contribution in [2.24, 2.45) is 0 Å². The predicted molar refractivity (Wildman–Crippen MR) is 98.1 cm³/mol. The Kier molecular flexibility index (Phi) is 4.36. The van der Waals surface area contributed by atoms with Crippen LogP contribution in [0.3, 0.4) is 0 Å². The van der Waals surface area contributed by atoms with Crippen molar-refractivity contribution in [1.29, 1.82) is 0 Å². The maximum Gasteiger partial charge on any atom is 0.260 e. The molecule has 10 heteroatoms. The monoisotopic (exact) mass is 383 g/mol. The molecule has 0 unspecified atom stereocenters. The third kappa shape index (κ3) is 3.06. The first-order valence-corrected chi connectivity index (χ1v) is 9.49. The summed E-state index contributed by atoms with van der Waals surface area (Å²) < 4.78 is 1.44. The van der Waals surface area contributed by atoms with Crippen LogP contribution in [-0.2, 0) is 10.4 Å². The van der Waals surface area contributed by atoms with Crippen LogP contribution in [-0.4, -0.2) is 65.7 Å². The maximum atomic E-state index is 12.2. The highest BCUT2D eigenvalue weighted by molar-refractivity contribution is 7.98. The van der Waals surface area contributed by atoms with E-state index in [0.29, 0.717) is 28.9 Å². The van der Waals surface area contributed by atoms with Crippen molar-refractivity contribution in [1.82, 2.24) is 34.8 Å². The van der Waals surface area contributed by atoms with Crippen LogP contribution in [0.2, 0.25) is 0 Å². The highest BCUT2D eigenvalue weighted by atomic mass is 32.2. The van der Waals surface area contributed by atoms with Gasteiger partial charge in [0.1, 0.15) is 5.69 Å². The van der Waals surface area contributed by atoms with Gasteiger partial charge in [0.15, 0.2) is 16.6 Å². The van der Waals surface area contributed by atoms with Crippen molar-refractivity contribution in [2.45, 2.75) is 17.2 Å². The Bertz CT molecular complexity index is 1010. The molecule has 0 spiro atoms. The van der Waals surface area contributed by atoms with Gasteiger partial charge in [-0.15, -0.1) is 5.10 Å². The molecule has 4 heterocycles. The van der Waals surface area contributed by atoms with Crippen molar-refractivity contribution < 1.29 is 9.90 Å². The number of hydrogen-bond donors (Lipinski definition) is 1. The van der Waals surface area contributed by atoms with Gasteiger partial charge in [-0.1, -0.05) is 23.0 Å². The first kappa shape index (κ1) is 17.6. The quantitative estimate of drug-likeness (QED) is 0.522. The van der Waals surface area contributed by atoms with Gasteiger partial charge in [-0.25, -0.2) is 19.6 Å². The molecule has 9 nitrogen and oxygen atoms in total. The number of pyridine rings is 1. The number of aromatic nitrogens is 6. The maximum absolute atomic E-state index is 12.2. The van der Waals surface area contributed by atoms with E-state index in [1.165, 1.54) is 27.5 Å². The first-order chi connectivity index (χ1) is 13.0. The Morgan fingerprint density at radius 3 is 2.78 bits per heavy atom. The molecular formula is C17H17N7O2S. The van der Waals surface area contributed by atoms with Crippen molar-refractivity contribution in [3.05, 3.63) is 42.4 Å². The van der Waals surface area contributed by atoms with E-state index in [1.54, 1.807) is 25.4 Å². The number of amides is 1. The molecular weight excluding hydrogens is 366 g/mol. The number of aliphatic hydroxyl groups is 1. The number of nitrogens with zero attached hydrogens (tertiary/aromatic N) is 7. The van der Waals surface area contributed by atoms with Crippen LogP contribution < -0.4 is 0 Å². The number of thioether (sulfide) groups is 1. The van der Waals surface area contributed by atoms with Crippen LogP contribution in [0, 0.1) is 0 Å². The van der Waals surface area contributed by atoms with Crippen LogP contribution in [0.25, 0.3) is 17.2 Å². The number of hydrogen-bond acceptors (Lipinski definition) is 8. The van der Waals surface area contributed by atoms with Crippen LogP contribution in [0.5, 0.6) is 0 Å². The number of likely N-dealkylation sites (N-methyl/N-ethyl adjacent to an activating group) is 1. The van der Waals surface area contributed by atoms with Gasteiger partial charge in [0.05, 0.1) is 17.6 Å². The summed E-state index contributed by atoms with van der Waals surface area (Å²) in [5, 5.41) is 19.4. The highest BCUT2D eigenvalue weighted by Gasteiger charge is 2.47. The van der Waals surface area contributed by atoms with E-state index in [-0.39, 0.29) is 18.0 Å². The van der Waals surface area contributed by atoms with Crippen LogP contribution >= 0.6 is 11.8 Å². The second kappa shape index (κ2) is 6.71. The lowest BCUT2D eigenvalue weighted by Crippen LogP contribution is -2.36. The zero-order chi connectivity index (χ0) is 19.0. The summed E-state index contributed by atoms with van der Waals surface area (Å²) in [4.78, 5) is 26.9. The van der Waals surface area contributed by atoms with E-state index >= 15 is 0 Å². The lowest BCUT2D eigenvalue weighted by molar-refractivity contribution is -0.143. The second-order valence-corrected chi connectivity index (χ2v) is 6.97. The standard InChI is InChI=1S/C17H17N7O2S/c1-23-9-7-17(26,15(23)25)13-10-24(22-21-13)14-5-3-4-11(19-14)12-6-8-18-16(20-12)27-2/h3-6,8,10,26H,7,9H2,1-2H3/t17-/m1/s1. The molecule has 1 fully saturated rings. The van der Waals surface area contributed by atoms with Gasteiger partial charge < -0.3 is 10.0 Å². The zero-order valence-corrected chi connectivity index (χ0v) is 15.6. The minimum absolute atomic E-state index is 0.218. The molecule has 1 amide bonds. The van der Waals surface area contributed by atoms with Crippen molar-refractivity contribution >= 4 is 17.7 Å². The third-order valence-corrected chi connectivity index (χ3v) is 5.04. The number of likely N-dealkylation sites (tertiary alicyclic amines) is 1. The van der Waals surface area contributed by atoms with Crippen LogP contribution in [0.1, 0.15) is 12.1 Å². The number of carbonyl (C=O) groups excluding carboxylic acids is 1. The van der Waals surface area contributed by atoms with Gasteiger partial charge in [-0.05, 0) is 24.5 Å². The zero-order valence-electron chi connectivity index (χ0n) is 14.8. The molecule has 0 aromatic carbocycles. The number of rotatable bonds is 4. The van der Waals surface area contributed by atoms with Gasteiger partial charge >= 0.3 is 0 Å². The summed E-state index contributed by atoms with van der Waals surface area (Å²) in [6, 6.07) is 7.24. The largest absolute Gasteiger partial charge is 0.374 e. The molecule has 3 aromatic heterocycles. The summed E-state index contributed by atoms with van der Waals surface area (Å²) in [5.74, 6) is 0.139. The average molecular weight is 383 g/mol.